The van der Waals surface area contributed by atoms with E-state index < -0.39 is 0 Å². The Morgan fingerprint density at radius 3 is 2.44 bits per heavy atom. The SMILES string of the molecule is C=C/C=C(/OCC)c1cc2cc(-c3ccc(OC)cc3)ccc2n1C. The quantitative estimate of drug-likeness (QED) is 0.444. The molecule has 0 amide bonds. The second kappa shape index (κ2) is 7.31. The molecule has 0 unspecified atom stereocenters. The summed E-state index contributed by atoms with van der Waals surface area (Å²) >= 11 is 0. The third-order valence-electron chi connectivity index (χ3n) is 4.29. The number of ether oxygens (including phenoxy) is 2. The molecule has 0 spiro atoms. The van der Waals surface area contributed by atoms with Crippen LogP contribution in [-0.4, -0.2) is 18.3 Å². The van der Waals surface area contributed by atoms with Gasteiger partial charge in [-0.3, -0.25) is 0 Å². The fourth-order valence-corrected chi connectivity index (χ4v) is 3.02. The zero-order chi connectivity index (χ0) is 17.8. The van der Waals surface area contributed by atoms with Crippen LogP contribution in [0.5, 0.6) is 5.75 Å². The predicted molar refractivity (Wildman–Crippen MR) is 105 cm³/mol. The molecular weight excluding hydrogens is 310 g/mol. The summed E-state index contributed by atoms with van der Waals surface area (Å²) in [5, 5.41) is 1.18. The molecule has 0 saturated carbocycles. The van der Waals surface area contributed by atoms with Gasteiger partial charge in [0.05, 0.1) is 19.4 Å². The van der Waals surface area contributed by atoms with E-state index in [0.29, 0.717) is 6.61 Å². The Kier molecular flexibility index (Phi) is 4.94. The number of aromatic nitrogens is 1. The highest BCUT2D eigenvalue weighted by Crippen LogP contribution is 2.30. The molecule has 0 aliphatic heterocycles. The van der Waals surface area contributed by atoms with Crippen molar-refractivity contribution in [2.75, 3.05) is 13.7 Å². The average Bonchev–Trinajstić information content (AvgIpc) is 2.97. The molecule has 3 rings (SSSR count). The fraction of sp³-hybridized carbons (Fsp3) is 0.182. The standard InChI is InChI=1S/C22H23NO2/c1-5-7-22(25-6-2)21-15-18-14-17(10-13-20(18)23(21)3)16-8-11-19(24-4)12-9-16/h5,7-15H,1,6H2,2-4H3/b22-7+. The smallest absolute Gasteiger partial charge is 0.142 e. The van der Waals surface area contributed by atoms with Crippen LogP contribution < -0.4 is 4.74 Å². The van der Waals surface area contributed by atoms with Crippen LogP contribution in [0.2, 0.25) is 0 Å². The third kappa shape index (κ3) is 3.31. The van der Waals surface area contributed by atoms with Crippen LogP contribution in [0.25, 0.3) is 27.8 Å². The number of rotatable bonds is 6. The van der Waals surface area contributed by atoms with Crippen LogP contribution in [0, 0.1) is 0 Å². The summed E-state index contributed by atoms with van der Waals surface area (Å²) in [6.45, 7) is 6.39. The lowest BCUT2D eigenvalue weighted by atomic mass is 10.0. The molecule has 0 N–H and O–H groups in total. The number of fused-ring (bicyclic) bond motifs is 1. The third-order valence-corrected chi connectivity index (χ3v) is 4.29. The molecule has 25 heavy (non-hydrogen) atoms. The second-order valence-electron chi connectivity index (χ2n) is 5.79. The first-order valence-corrected chi connectivity index (χ1v) is 8.37. The molecule has 0 fully saturated rings. The van der Waals surface area contributed by atoms with Crippen LogP contribution in [0.1, 0.15) is 12.6 Å². The van der Waals surface area contributed by atoms with E-state index in [9.17, 15) is 0 Å². The Morgan fingerprint density at radius 1 is 1.08 bits per heavy atom. The molecule has 0 atom stereocenters. The second-order valence-corrected chi connectivity index (χ2v) is 5.79. The van der Waals surface area contributed by atoms with E-state index in [0.717, 1.165) is 17.2 Å². The minimum atomic E-state index is 0.623. The minimum Gasteiger partial charge on any atom is -0.497 e. The van der Waals surface area contributed by atoms with Gasteiger partial charge < -0.3 is 14.0 Å². The largest absolute Gasteiger partial charge is 0.497 e. The topological polar surface area (TPSA) is 23.4 Å². The van der Waals surface area contributed by atoms with E-state index in [1.54, 1.807) is 13.2 Å². The lowest BCUT2D eigenvalue weighted by molar-refractivity contribution is 0.295. The molecule has 0 radical (unpaired) electrons. The molecule has 0 bridgehead atoms. The van der Waals surface area contributed by atoms with Crippen molar-refractivity contribution >= 4 is 16.7 Å². The Morgan fingerprint density at radius 2 is 1.80 bits per heavy atom. The molecule has 2 aromatic carbocycles. The first-order chi connectivity index (χ1) is 12.2. The maximum Gasteiger partial charge on any atom is 0.142 e. The average molecular weight is 333 g/mol. The van der Waals surface area contributed by atoms with Crippen molar-refractivity contribution in [3.05, 3.63) is 73.0 Å². The van der Waals surface area contributed by atoms with Crippen LogP contribution in [-0.2, 0) is 11.8 Å². The van der Waals surface area contributed by atoms with Gasteiger partial charge in [-0.05, 0) is 54.5 Å². The van der Waals surface area contributed by atoms with E-state index >= 15 is 0 Å². The van der Waals surface area contributed by atoms with Crippen molar-refractivity contribution in [3.8, 4) is 16.9 Å². The van der Waals surface area contributed by atoms with Crippen molar-refractivity contribution < 1.29 is 9.47 Å². The Balaban J connectivity index is 2.06. The van der Waals surface area contributed by atoms with Gasteiger partial charge in [-0.2, -0.15) is 0 Å². The summed E-state index contributed by atoms with van der Waals surface area (Å²) in [7, 11) is 3.74. The lowest BCUT2D eigenvalue weighted by Gasteiger charge is -2.09. The molecule has 0 saturated heterocycles. The summed E-state index contributed by atoms with van der Waals surface area (Å²) in [6.07, 6.45) is 3.66. The van der Waals surface area contributed by atoms with E-state index in [4.69, 9.17) is 9.47 Å². The molecule has 3 aromatic rings. The summed E-state index contributed by atoms with van der Waals surface area (Å²) in [6, 6.07) is 16.8. The van der Waals surface area contributed by atoms with Gasteiger partial charge in [0.15, 0.2) is 0 Å². The lowest BCUT2D eigenvalue weighted by Crippen LogP contribution is -1.98. The van der Waals surface area contributed by atoms with Crippen molar-refractivity contribution in [1.29, 1.82) is 0 Å². The molecule has 3 nitrogen and oxygen atoms in total. The van der Waals surface area contributed by atoms with Gasteiger partial charge >= 0.3 is 0 Å². The summed E-state index contributed by atoms with van der Waals surface area (Å²) < 4.78 is 13.2. The van der Waals surface area contributed by atoms with Crippen molar-refractivity contribution in [2.24, 2.45) is 7.05 Å². The molecule has 1 heterocycles. The first-order valence-electron chi connectivity index (χ1n) is 8.37. The molecular formula is C22H23NO2. The van der Waals surface area contributed by atoms with Crippen molar-refractivity contribution in [2.45, 2.75) is 6.92 Å². The number of allylic oxidation sites excluding steroid dienone is 2. The Bertz CT molecular complexity index is 917. The zero-order valence-electron chi connectivity index (χ0n) is 15.0. The number of methoxy groups -OCH3 is 1. The molecule has 128 valence electrons. The van der Waals surface area contributed by atoms with Crippen LogP contribution in [0.15, 0.2) is 67.3 Å². The monoisotopic (exact) mass is 333 g/mol. The Hall–Kier alpha value is -2.94. The minimum absolute atomic E-state index is 0.623. The van der Waals surface area contributed by atoms with E-state index in [1.165, 1.54) is 22.0 Å². The maximum atomic E-state index is 5.77. The predicted octanol–water partition coefficient (Wildman–Crippen LogP) is 5.42. The molecule has 3 heteroatoms. The summed E-state index contributed by atoms with van der Waals surface area (Å²) in [4.78, 5) is 0. The van der Waals surface area contributed by atoms with E-state index in [-0.39, 0.29) is 0 Å². The van der Waals surface area contributed by atoms with Crippen LogP contribution in [0.4, 0.5) is 0 Å². The van der Waals surface area contributed by atoms with Gasteiger partial charge in [0.25, 0.3) is 0 Å². The van der Waals surface area contributed by atoms with Gasteiger partial charge in [-0.25, -0.2) is 0 Å². The van der Waals surface area contributed by atoms with Gasteiger partial charge in [-0.1, -0.05) is 30.9 Å². The van der Waals surface area contributed by atoms with Gasteiger partial charge in [0.2, 0.25) is 0 Å². The summed E-state index contributed by atoms with van der Waals surface area (Å²) in [5.74, 6) is 1.70. The van der Waals surface area contributed by atoms with E-state index in [2.05, 4.69) is 54.6 Å². The molecule has 0 aliphatic rings. The van der Waals surface area contributed by atoms with Gasteiger partial charge in [0.1, 0.15) is 11.5 Å². The number of hydrogen-bond donors (Lipinski definition) is 0. The van der Waals surface area contributed by atoms with Crippen molar-refractivity contribution in [3.63, 3.8) is 0 Å². The normalized spacial score (nSPS) is 11.6. The first kappa shape index (κ1) is 16.9. The van der Waals surface area contributed by atoms with Crippen molar-refractivity contribution in [1.82, 2.24) is 4.57 Å². The number of nitrogens with zero attached hydrogens (tertiary/aromatic N) is 1. The van der Waals surface area contributed by atoms with Gasteiger partial charge in [-0.15, -0.1) is 0 Å². The van der Waals surface area contributed by atoms with E-state index in [1.807, 2.05) is 25.1 Å². The zero-order valence-corrected chi connectivity index (χ0v) is 15.0. The summed E-state index contributed by atoms with van der Waals surface area (Å²) in [5.41, 5.74) is 4.56. The maximum absolute atomic E-state index is 5.77. The number of hydrogen-bond acceptors (Lipinski definition) is 2. The Labute approximate surface area is 148 Å². The highest BCUT2D eigenvalue weighted by Gasteiger charge is 2.11. The number of aryl methyl sites for hydroxylation is 1. The van der Waals surface area contributed by atoms with Gasteiger partial charge in [0, 0.05) is 18.0 Å². The molecule has 0 aliphatic carbocycles. The van der Waals surface area contributed by atoms with Crippen LogP contribution in [0.3, 0.4) is 0 Å². The fourth-order valence-electron chi connectivity index (χ4n) is 3.02. The van der Waals surface area contributed by atoms with Crippen LogP contribution >= 0.6 is 0 Å². The highest BCUT2D eigenvalue weighted by molar-refractivity contribution is 5.89. The number of benzene rings is 2. The highest BCUT2D eigenvalue weighted by atomic mass is 16.5. The molecule has 1 aromatic heterocycles.